The molecule has 0 heterocycles. The number of carbonyl (C=O) groups excluding carboxylic acids is 1. The van der Waals surface area contributed by atoms with E-state index in [-0.39, 0.29) is 18.3 Å². The van der Waals surface area contributed by atoms with Crippen molar-refractivity contribution in [1.29, 1.82) is 0 Å². The summed E-state index contributed by atoms with van der Waals surface area (Å²) < 4.78 is 12.8. The van der Waals surface area contributed by atoms with Crippen LogP contribution in [-0.2, 0) is 11.3 Å². The number of amides is 1. The molecule has 0 aliphatic carbocycles. The van der Waals surface area contributed by atoms with E-state index in [1.807, 2.05) is 7.05 Å². The minimum absolute atomic E-state index is 0.149. The van der Waals surface area contributed by atoms with E-state index >= 15 is 0 Å². The van der Waals surface area contributed by atoms with E-state index in [1.165, 1.54) is 12.1 Å². The Morgan fingerprint density at radius 1 is 1.18 bits per heavy atom. The summed E-state index contributed by atoms with van der Waals surface area (Å²) in [5.74, 6) is -0.416. The fourth-order valence-corrected chi connectivity index (χ4v) is 2.53. The SMILES string of the molecule is C[NH+](CC(=O)Nc1ccc(Cl)cc1Cl)Cc1ccc(F)cc1. The predicted molar refractivity (Wildman–Crippen MR) is 86.9 cm³/mol. The van der Waals surface area contributed by atoms with E-state index in [0.29, 0.717) is 22.3 Å². The van der Waals surface area contributed by atoms with Gasteiger partial charge in [0.05, 0.1) is 17.8 Å². The van der Waals surface area contributed by atoms with Gasteiger partial charge in [-0.25, -0.2) is 4.39 Å². The van der Waals surface area contributed by atoms with Crippen molar-refractivity contribution in [2.45, 2.75) is 6.54 Å². The Morgan fingerprint density at radius 3 is 2.50 bits per heavy atom. The third-order valence-electron chi connectivity index (χ3n) is 3.09. The van der Waals surface area contributed by atoms with Gasteiger partial charge in [0.2, 0.25) is 0 Å². The van der Waals surface area contributed by atoms with Crippen molar-refractivity contribution < 1.29 is 14.1 Å². The van der Waals surface area contributed by atoms with Crippen molar-refractivity contribution in [2.75, 3.05) is 18.9 Å². The largest absolute Gasteiger partial charge is 0.326 e. The Balaban J connectivity index is 1.89. The molecular weight excluding hydrogens is 326 g/mol. The second kappa shape index (κ2) is 7.58. The summed E-state index contributed by atoms with van der Waals surface area (Å²) in [4.78, 5) is 13.0. The third-order valence-corrected chi connectivity index (χ3v) is 3.63. The van der Waals surface area contributed by atoms with Crippen LogP contribution in [0.1, 0.15) is 5.56 Å². The van der Waals surface area contributed by atoms with Crippen LogP contribution in [0.3, 0.4) is 0 Å². The number of anilines is 1. The number of nitrogens with one attached hydrogen (secondary N) is 2. The van der Waals surface area contributed by atoms with Gasteiger partial charge in [0.1, 0.15) is 12.4 Å². The minimum Gasteiger partial charge on any atom is -0.326 e. The zero-order valence-corrected chi connectivity index (χ0v) is 13.5. The molecule has 0 fully saturated rings. The lowest BCUT2D eigenvalue weighted by Gasteiger charge is -2.14. The van der Waals surface area contributed by atoms with Gasteiger partial charge < -0.3 is 10.2 Å². The van der Waals surface area contributed by atoms with Gasteiger partial charge in [-0.3, -0.25) is 4.79 Å². The zero-order valence-electron chi connectivity index (χ0n) is 12.0. The topological polar surface area (TPSA) is 33.5 Å². The molecule has 0 radical (unpaired) electrons. The molecule has 0 saturated carbocycles. The number of carbonyl (C=O) groups is 1. The third kappa shape index (κ3) is 4.98. The highest BCUT2D eigenvalue weighted by Crippen LogP contribution is 2.25. The molecule has 2 N–H and O–H groups in total. The molecule has 22 heavy (non-hydrogen) atoms. The molecule has 0 aliphatic heterocycles. The smallest absolute Gasteiger partial charge is 0.279 e. The fourth-order valence-electron chi connectivity index (χ4n) is 2.07. The van der Waals surface area contributed by atoms with Crippen molar-refractivity contribution >= 4 is 34.8 Å². The number of likely N-dealkylation sites (N-methyl/N-ethyl adjacent to an activating group) is 1. The predicted octanol–water partition coefficient (Wildman–Crippen LogP) is 2.79. The van der Waals surface area contributed by atoms with E-state index in [9.17, 15) is 9.18 Å². The summed E-state index contributed by atoms with van der Waals surface area (Å²) in [5, 5.41) is 3.67. The van der Waals surface area contributed by atoms with Crippen LogP contribution < -0.4 is 10.2 Å². The number of hydrogen-bond acceptors (Lipinski definition) is 1. The molecule has 0 aliphatic rings. The first-order valence-electron chi connectivity index (χ1n) is 6.74. The zero-order chi connectivity index (χ0) is 16.1. The molecule has 0 aromatic heterocycles. The van der Waals surface area contributed by atoms with Crippen LogP contribution >= 0.6 is 23.2 Å². The Labute approximate surface area is 138 Å². The molecule has 2 rings (SSSR count). The number of halogens is 3. The number of benzene rings is 2. The molecule has 0 spiro atoms. The Hall–Kier alpha value is -1.62. The summed E-state index contributed by atoms with van der Waals surface area (Å²) in [7, 11) is 1.90. The van der Waals surface area contributed by atoms with Gasteiger partial charge >= 0.3 is 0 Å². The van der Waals surface area contributed by atoms with E-state index in [2.05, 4.69) is 5.32 Å². The summed E-state index contributed by atoms with van der Waals surface area (Å²) in [5.41, 5.74) is 1.50. The first-order valence-corrected chi connectivity index (χ1v) is 7.50. The summed E-state index contributed by atoms with van der Waals surface area (Å²) in [6.07, 6.45) is 0. The van der Waals surface area contributed by atoms with E-state index in [1.54, 1.807) is 30.3 Å². The highest BCUT2D eigenvalue weighted by atomic mass is 35.5. The molecule has 0 saturated heterocycles. The van der Waals surface area contributed by atoms with Crippen molar-refractivity contribution in [2.24, 2.45) is 0 Å². The minimum atomic E-state index is -0.267. The maximum Gasteiger partial charge on any atom is 0.279 e. The summed E-state index contributed by atoms with van der Waals surface area (Å²) >= 11 is 11.8. The monoisotopic (exact) mass is 341 g/mol. The average molecular weight is 342 g/mol. The van der Waals surface area contributed by atoms with Crippen molar-refractivity contribution in [3.8, 4) is 0 Å². The van der Waals surface area contributed by atoms with Gasteiger partial charge in [-0.15, -0.1) is 0 Å². The lowest BCUT2D eigenvalue weighted by atomic mass is 10.2. The number of hydrogen-bond donors (Lipinski definition) is 2. The lowest BCUT2D eigenvalue weighted by molar-refractivity contribution is -0.885. The maximum atomic E-state index is 12.8. The second-order valence-corrected chi connectivity index (χ2v) is 5.95. The standard InChI is InChI=1S/C16H15Cl2FN2O/c1-21(9-11-2-5-13(19)6-3-11)10-16(22)20-15-7-4-12(17)8-14(15)18/h2-8H,9-10H2,1H3,(H,20,22)/p+1. The van der Waals surface area contributed by atoms with Crippen LogP contribution in [0.4, 0.5) is 10.1 Å². The molecule has 6 heteroatoms. The highest BCUT2D eigenvalue weighted by Gasteiger charge is 2.12. The summed E-state index contributed by atoms with van der Waals surface area (Å²) in [6.45, 7) is 0.901. The van der Waals surface area contributed by atoms with Crippen molar-refractivity contribution in [1.82, 2.24) is 0 Å². The molecule has 1 unspecified atom stereocenters. The van der Waals surface area contributed by atoms with Gasteiger partial charge in [0.15, 0.2) is 6.54 Å². The molecule has 1 amide bonds. The van der Waals surface area contributed by atoms with E-state index < -0.39 is 0 Å². The van der Waals surface area contributed by atoms with E-state index in [0.717, 1.165) is 10.5 Å². The van der Waals surface area contributed by atoms with Gasteiger partial charge in [-0.2, -0.15) is 0 Å². The Kier molecular flexibility index (Phi) is 5.77. The quantitative estimate of drug-likeness (QED) is 0.861. The Bertz CT molecular complexity index is 662. The first kappa shape index (κ1) is 16.7. The van der Waals surface area contributed by atoms with Crippen LogP contribution in [0.2, 0.25) is 10.0 Å². The van der Waals surface area contributed by atoms with Gasteiger partial charge in [-0.1, -0.05) is 35.3 Å². The highest BCUT2D eigenvalue weighted by molar-refractivity contribution is 6.36. The van der Waals surface area contributed by atoms with Gasteiger partial charge in [-0.05, 0) is 30.3 Å². The molecule has 3 nitrogen and oxygen atoms in total. The van der Waals surface area contributed by atoms with E-state index in [4.69, 9.17) is 23.2 Å². The van der Waals surface area contributed by atoms with Crippen molar-refractivity contribution in [3.63, 3.8) is 0 Å². The lowest BCUT2D eigenvalue weighted by Crippen LogP contribution is -3.08. The van der Waals surface area contributed by atoms with Crippen LogP contribution in [0.25, 0.3) is 0 Å². The van der Waals surface area contributed by atoms with Gasteiger partial charge in [0.25, 0.3) is 5.91 Å². The second-order valence-electron chi connectivity index (χ2n) is 5.11. The summed E-state index contributed by atoms with van der Waals surface area (Å²) in [6, 6.07) is 11.2. The molecule has 0 bridgehead atoms. The molecule has 116 valence electrons. The van der Waals surface area contributed by atoms with Crippen LogP contribution in [0.15, 0.2) is 42.5 Å². The number of rotatable bonds is 5. The molecule has 1 atom stereocenters. The maximum absolute atomic E-state index is 12.8. The average Bonchev–Trinajstić information content (AvgIpc) is 2.44. The van der Waals surface area contributed by atoms with Crippen LogP contribution in [0.5, 0.6) is 0 Å². The van der Waals surface area contributed by atoms with Crippen molar-refractivity contribution in [3.05, 3.63) is 63.9 Å². The molecule has 2 aromatic rings. The van der Waals surface area contributed by atoms with Gasteiger partial charge in [0, 0.05) is 10.6 Å². The molecule has 2 aromatic carbocycles. The van der Waals surface area contributed by atoms with Crippen LogP contribution in [-0.4, -0.2) is 19.5 Å². The Morgan fingerprint density at radius 2 is 1.86 bits per heavy atom. The molecular formula is C16H16Cl2FN2O+. The van der Waals surface area contributed by atoms with Crippen LogP contribution in [0, 0.1) is 5.82 Å². The number of quaternary nitrogens is 1. The first-order chi connectivity index (χ1) is 10.4. The fraction of sp³-hybridized carbons (Fsp3) is 0.188. The normalized spacial score (nSPS) is 12.0.